The van der Waals surface area contributed by atoms with Gasteiger partial charge in [-0.3, -0.25) is 4.79 Å². The SMILES string of the molecule is CCOc1cccc(CN2CC(c3noc(-c4cc5c(s4)CCCC5)n3)CC2=O)c1. The van der Waals surface area contributed by atoms with Crippen LogP contribution in [0.5, 0.6) is 5.75 Å². The second-order valence-electron chi connectivity index (χ2n) is 7.98. The average Bonchev–Trinajstić information content (AvgIpc) is 3.47. The summed E-state index contributed by atoms with van der Waals surface area (Å²) in [5.41, 5.74) is 2.49. The quantitative estimate of drug-likeness (QED) is 0.580. The molecule has 156 valence electrons. The minimum absolute atomic E-state index is 0.0281. The van der Waals surface area contributed by atoms with Gasteiger partial charge < -0.3 is 14.2 Å². The van der Waals surface area contributed by atoms with Crippen LogP contribution < -0.4 is 4.74 Å². The Bertz CT molecular complexity index is 1030. The molecule has 0 bridgehead atoms. The van der Waals surface area contributed by atoms with Gasteiger partial charge in [0.05, 0.1) is 11.5 Å². The van der Waals surface area contributed by atoms with Crippen LogP contribution in [0.2, 0.25) is 0 Å². The molecule has 1 atom stereocenters. The zero-order valence-corrected chi connectivity index (χ0v) is 17.9. The summed E-state index contributed by atoms with van der Waals surface area (Å²) in [6.07, 6.45) is 5.23. The Morgan fingerprint density at radius 1 is 1.27 bits per heavy atom. The Morgan fingerprint density at radius 2 is 2.17 bits per heavy atom. The Morgan fingerprint density at radius 3 is 3.03 bits per heavy atom. The summed E-state index contributed by atoms with van der Waals surface area (Å²) in [5.74, 6) is 2.15. The van der Waals surface area contributed by atoms with Crippen molar-refractivity contribution < 1.29 is 14.1 Å². The van der Waals surface area contributed by atoms with Crippen LogP contribution in [-0.4, -0.2) is 34.1 Å². The van der Waals surface area contributed by atoms with E-state index in [0.717, 1.165) is 29.0 Å². The van der Waals surface area contributed by atoms with E-state index in [0.29, 0.717) is 37.8 Å². The van der Waals surface area contributed by atoms with E-state index in [-0.39, 0.29) is 11.8 Å². The lowest BCUT2D eigenvalue weighted by molar-refractivity contribution is -0.128. The Labute approximate surface area is 179 Å². The van der Waals surface area contributed by atoms with Crippen molar-refractivity contribution in [1.82, 2.24) is 15.0 Å². The van der Waals surface area contributed by atoms with E-state index in [1.165, 1.54) is 23.3 Å². The van der Waals surface area contributed by atoms with E-state index in [2.05, 4.69) is 16.2 Å². The molecule has 7 heteroatoms. The van der Waals surface area contributed by atoms with Gasteiger partial charge in [0.1, 0.15) is 5.75 Å². The summed E-state index contributed by atoms with van der Waals surface area (Å²) in [6, 6.07) is 10.1. The second-order valence-corrected chi connectivity index (χ2v) is 9.12. The van der Waals surface area contributed by atoms with Crippen molar-refractivity contribution in [2.24, 2.45) is 0 Å². The number of nitrogens with zero attached hydrogens (tertiary/aromatic N) is 3. The average molecular weight is 424 g/mol. The summed E-state index contributed by atoms with van der Waals surface area (Å²) < 4.78 is 11.1. The number of benzene rings is 1. The molecule has 1 aliphatic carbocycles. The van der Waals surface area contributed by atoms with E-state index in [1.54, 1.807) is 11.3 Å². The van der Waals surface area contributed by atoms with Crippen molar-refractivity contribution in [2.75, 3.05) is 13.2 Å². The lowest BCUT2D eigenvalue weighted by Crippen LogP contribution is -2.24. The van der Waals surface area contributed by atoms with Crippen LogP contribution in [0, 0.1) is 0 Å². The van der Waals surface area contributed by atoms with Gasteiger partial charge in [-0.05, 0) is 61.9 Å². The number of hydrogen-bond donors (Lipinski definition) is 0. The van der Waals surface area contributed by atoms with Gasteiger partial charge in [-0.25, -0.2) is 0 Å². The molecule has 2 aromatic heterocycles. The fraction of sp³-hybridized carbons (Fsp3) is 0.435. The monoisotopic (exact) mass is 423 g/mol. The number of aryl methyl sites for hydroxylation is 2. The predicted molar refractivity (Wildman–Crippen MR) is 115 cm³/mol. The van der Waals surface area contributed by atoms with Gasteiger partial charge >= 0.3 is 0 Å². The molecule has 0 spiro atoms. The topological polar surface area (TPSA) is 68.5 Å². The number of likely N-dealkylation sites (tertiary alicyclic amines) is 1. The van der Waals surface area contributed by atoms with E-state index >= 15 is 0 Å². The highest BCUT2D eigenvalue weighted by Gasteiger charge is 2.34. The molecule has 0 radical (unpaired) electrons. The van der Waals surface area contributed by atoms with Crippen molar-refractivity contribution in [3.63, 3.8) is 0 Å². The molecule has 1 saturated heterocycles. The largest absolute Gasteiger partial charge is 0.494 e. The molecule has 1 aliphatic heterocycles. The van der Waals surface area contributed by atoms with Gasteiger partial charge in [0, 0.05) is 30.3 Å². The number of carbonyl (C=O) groups excluding carboxylic acids is 1. The third kappa shape index (κ3) is 3.86. The Balaban J connectivity index is 1.28. The maximum Gasteiger partial charge on any atom is 0.268 e. The van der Waals surface area contributed by atoms with Gasteiger partial charge in [0.25, 0.3) is 5.89 Å². The van der Waals surface area contributed by atoms with Crippen LogP contribution in [0.4, 0.5) is 0 Å². The number of amides is 1. The molecule has 2 aliphatic rings. The molecule has 0 saturated carbocycles. The van der Waals surface area contributed by atoms with Crippen LogP contribution in [0.3, 0.4) is 0 Å². The number of hydrogen-bond acceptors (Lipinski definition) is 6. The third-order valence-corrected chi connectivity index (χ3v) is 7.04. The molecule has 5 rings (SSSR count). The van der Waals surface area contributed by atoms with Crippen molar-refractivity contribution in [1.29, 1.82) is 0 Å². The number of rotatable bonds is 6. The Kier molecular flexibility index (Phi) is 5.29. The van der Waals surface area contributed by atoms with Crippen molar-refractivity contribution in [3.8, 4) is 16.5 Å². The van der Waals surface area contributed by atoms with Crippen molar-refractivity contribution in [2.45, 2.75) is 51.5 Å². The van der Waals surface area contributed by atoms with Crippen LogP contribution in [0.25, 0.3) is 10.8 Å². The fourth-order valence-corrected chi connectivity index (χ4v) is 5.49. The molecule has 1 aromatic carbocycles. The number of ether oxygens (including phenoxy) is 1. The first-order chi connectivity index (χ1) is 14.7. The molecule has 30 heavy (non-hydrogen) atoms. The van der Waals surface area contributed by atoms with Crippen molar-refractivity contribution >= 4 is 17.2 Å². The predicted octanol–water partition coefficient (Wildman–Crippen LogP) is 4.59. The summed E-state index contributed by atoms with van der Waals surface area (Å²) >= 11 is 1.77. The Hall–Kier alpha value is -2.67. The highest BCUT2D eigenvalue weighted by atomic mass is 32.1. The summed E-state index contributed by atoms with van der Waals surface area (Å²) in [6.45, 7) is 3.77. The van der Waals surface area contributed by atoms with E-state index < -0.39 is 0 Å². The molecule has 3 heterocycles. The highest BCUT2D eigenvalue weighted by Crippen LogP contribution is 2.36. The third-order valence-electron chi connectivity index (χ3n) is 5.81. The second kappa shape index (κ2) is 8.22. The van der Waals surface area contributed by atoms with Crippen molar-refractivity contribution in [3.05, 3.63) is 52.2 Å². The lowest BCUT2D eigenvalue weighted by atomic mass is 9.99. The number of carbonyl (C=O) groups is 1. The summed E-state index contributed by atoms with van der Waals surface area (Å²) in [4.78, 5) is 21.6. The van der Waals surface area contributed by atoms with E-state index in [1.807, 2.05) is 36.1 Å². The minimum atomic E-state index is -0.0281. The molecule has 0 N–H and O–H groups in total. The standard InChI is InChI=1S/C23H25N3O3S/c1-2-28-18-8-5-6-15(10-18)13-26-14-17(12-21(26)27)22-24-23(29-25-22)20-11-16-7-3-4-9-19(16)30-20/h5-6,8,10-11,17H,2-4,7,9,12-14H2,1H3. The minimum Gasteiger partial charge on any atom is -0.494 e. The number of thiophene rings is 1. The zero-order valence-electron chi connectivity index (χ0n) is 17.1. The van der Waals surface area contributed by atoms with Crippen LogP contribution in [0.1, 0.15) is 53.9 Å². The molecule has 1 amide bonds. The van der Waals surface area contributed by atoms with E-state index in [9.17, 15) is 4.79 Å². The zero-order chi connectivity index (χ0) is 20.5. The van der Waals surface area contributed by atoms with E-state index in [4.69, 9.17) is 9.26 Å². The van der Waals surface area contributed by atoms with Crippen LogP contribution >= 0.6 is 11.3 Å². The molecular formula is C23H25N3O3S. The molecule has 6 nitrogen and oxygen atoms in total. The maximum atomic E-state index is 12.6. The smallest absolute Gasteiger partial charge is 0.268 e. The van der Waals surface area contributed by atoms with Crippen LogP contribution in [-0.2, 0) is 24.2 Å². The molecular weight excluding hydrogens is 398 g/mol. The van der Waals surface area contributed by atoms with Gasteiger partial charge in [-0.2, -0.15) is 4.98 Å². The van der Waals surface area contributed by atoms with Gasteiger partial charge in [-0.1, -0.05) is 17.3 Å². The number of fused-ring (bicyclic) bond motifs is 1. The summed E-state index contributed by atoms with van der Waals surface area (Å²) in [5, 5.41) is 4.22. The molecule has 1 fully saturated rings. The first kappa shape index (κ1) is 19.3. The fourth-order valence-electron chi connectivity index (χ4n) is 4.32. The lowest BCUT2D eigenvalue weighted by Gasteiger charge is -2.16. The maximum absolute atomic E-state index is 12.6. The van der Waals surface area contributed by atoms with Gasteiger partial charge in [-0.15, -0.1) is 11.3 Å². The van der Waals surface area contributed by atoms with Gasteiger partial charge in [0.15, 0.2) is 5.82 Å². The van der Waals surface area contributed by atoms with Gasteiger partial charge in [0.2, 0.25) is 5.91 Å². The normalized spacial score (nSPS) is 18.6. The highest BCUT2D eigenvalue weighted by molar-refractivity contribution is 7.15. The molecule has 1 unspecified atom stereocenters. The first-order valence-corrected chi connectivity index (χ1v) is 11.5. The number of aromatic nitrogens is 2. The summed E-state index contributed by atoms with van der Waals surface area (Å²) in [7, 11) is 0. The van der Waals surface area contributed by atoms with Crippen LogP contribution in [0.15, 0.2) is 34.9 Å². The first-order valence-electron chi connectivity index (χ1n) is 10.6. The molecule has 3 aromatic rings.